The molecule has 4 aromatic rings. The molecule has 0 bridgehead atoms. The largest absolute Gasteiger partial charge is 0.309 e. The molecule has 1 heterocycles. The van der Waals surface area contributed by atoms with Gasteiger partial charge in [-0.15, -0.1) is 0 Å². The Morgan fingerprint density at radius 1 is 0.818 bits per heavy atom. The Morgan fingerprint density at radius 2 is 1.55 bits per heavy atom. The van der Waals surface area contributed by atoms with Crippen molar-refractivity contribution in [3.63, 3.8) is 0 Å². The van der Waals surface area contributed by atoms with Crippen molar-refractivity contribution < 1.29 is 4.39 Å². The summed E-state index contributed by atoms with van der Waals surface area (Å²) in [6.45, 7) is 2.17. The fourth-order valence-electron chi connectivity index (χ4n) is 3.23. The molecule has 0 aliphatic carbocycles. The topological polar surface area (TPSA) is 4.93 Å². The number of fused-ring (bicyclic) bond motifs is 3. The maximum atomic E-state index is 13.3. The molecule has 4 rings (SSSR count). The number of hydrogen-bond acceptors (Lipinski definition) is 0. The highest BCUT2D eigenvalue weighted by atomic mass is 19.1. The van der Waals surface area contributed by atoms with Gasteiger partial charge in [-0.25, -0.2) is 4.39 Å². The van der Waals surface area contributed by atoms with Gasteiger partial charge in [-0.05, 0) is 42.3 Å². The van der Waals surface area contributed by atoms with Gasteiger partial charge >= 0.3 is 0 Å². The second-order valence-corrected chi connectivity index (χ2v) is 5.50. The van der Waals surface area contributed by atoms with Crippen LogP contribution in [0.5, 0.6) is 0 Å². The van der Waals surface area contributed by atoms with E-state index in [1.807, 2.05) is 18.2 Å². The molecule has 0 N–H and O–H groups in total. The highest BCUT2D eigenvalue weighted by Gasteiger charge is 2.14. The molecule has 0 saturated heterocycles. The van der Waals surface area contributed by atoms with Gasteiger partial charge in [0.2, 0.25) is 0 Å². The first-order chi connectivity index (χ1) is 10.8. The lowest BCUT2D eigenvalue weighted by atomic mass is 10.1. The van der Waals surface area contributed by atoms with Crippen LogP contribution in [0.3, 0.4) is 0 Å². The molecule has 22 heavy (non-hydrogen) atoms. The van der Waals surface area contributed by atoms with Crippen LogP contribution in [-0.2, 0) is 6.42 Å². The normalized spacial score (nSPS) is 11.4. The summed E-state index contributed by atoms with van der Waals surface area (Å²) >= 11 is 0. The molecule has 108 valence electrons. The number of rotatable bonds is 2. The number of para-hydroxylation sites is 2. The third-order valence-electron chi connectivity index (χ3n) is 4.24. The van der Waals surface area contributed by atoms with Crippen molar-refractivity contribution in [2.24, 2.45) is 0 Å². The van der Waals surface area contributed by atoms with E-state index in [0.717, 1.165) is 17.6 Å². The number of aromatic nitrogens is 1. The lowest BCUT2D eigenvalue weighted by Crippen LogP contribution is -1.96. The number of nitrogens with zero attached hydrogens (tertiary/aromatic N) is 1. The number of benzene rings is 3. The summed E-state index contributed by atoms with van der Waals surface area (Å²) in [6, 6.07) is 21.6. The third-order valence-corrected chi connectivity index (χ3v) is 4.24. The van der Waals surface area contributed by atoms with Gasteiger partial charge in [-0.2, -0.15) is 0 Å². The van der Waals surface area contributed by atoms with Crippen LogP contribution in [0.15, 0.2) is 66.7 Å². The van der Waals surface area contributed by atoms with Gasteiger partial charge < -0.3 is 4.57 Å². The molecule has 0 radical (unpaired) electrons. The van der Waals surface area contributed by atoms with E-state index in [1.165, 1.54) is 34.0 Å². The van der Waals surface area contributed by atoms with Gasteiger partial charge in [0, 0.05) is 16.5 Å². The van der Waals surface area contributed by atoms with Crippen LogP contribution in [0.25, 0.3) is 27.5 Å². The van der Waals surface area contributed by atoms with Gasteiger partial charge in [-0.3, -0.25) is 0 Å². The first kappa shape index (κ1) is 13.1. The Labute approximate surface area is 128 Å². The smallest absolute Gasteiger partial charge is 0.123 e. The minimum atomic E-state index is -0.208. The molecule has 0 atom stereocenters. The summed E-state index contributed by atoms with van der Waals surface area (Å²) in [5, 5.41) is 2.48. The second kappa shape index (κ2) is 4.99. The van der Waals surface area contributed by atoms with Gasteiger partial charge in [0.15, 0.2) is 0 Å². The first-order valence-electron chi connectivity index (χ1n) is 7.56. The highest BCUT2D eigenvalue weighted by molar-refractivity contribution is 6.10. The fraction of sp³-hybridized carbons (Fsp3) is 0.100. The minimum Gasteiger partial charge on any atom is -0.309 e. The van der Waals surface area contributed by atoms with Crippen LogP contribution < -0.4 is 0 Å². The average molecular weight is 289 g/mol. The van der Waals surface area contributed by atoms with Crippen molar-refractivity contribution in [2.75, 3.05) is 0 Å². The Hall–Kier alpha value is -2.61. The maximum Gasteiger partial charge on any atom is 0.123 e. The molecule has 0 saturated carbocycles. The Balaban J connectivity index is 2.20. The van der Waals surface area contributed by atoms with Gasteiger partial charge in [0.1, 0.15) is 5.82 Å². The molecule has 2 heteroatoms. The van der Waals surface area contributed by atoms with Gasteiger partial charge in [0.25, 0.3) is 0 Å². The van der Waals surface area contributed by atoms with Crippen molar-refractivity contribution in [3.8, 4) is 5.69 Å². The standard InChI is InChI=1S/C20H16FN/c1-2-14-6-5-8-18-17-7-3-4-9-19(17)22(20(14)18)16-12-10-15(21)11-13-16/h3-13H,2H2,1H3. The summed E-state index contributed by atoms with van der Waals surface area (Å²) in [4.78, 5) is 0. The zero-order valence-corrected chi connectivity index (χ0v) is 12.4. The van der Waals surface area contributed by atoms with E-state index in [4.69, 9.17) is 0 Å². The summed E-state index contributed by atoms with van der Waals surface area (Å²) in [6.07, 6.45) is 0.967. The van der Waals surface area contributed by atoms with E-state index < -0.39 is 0 Å². The molecule has 3 aromatic carbocycles. The highest BCUT2D eigenvalue weighted by Crippen LogP contribution is 2.34. The average Bonchev–Trinajstić information content (AvgIpc) is 2.90. The minimum absolute atomic E-state index is 0.208. The van der Waals surface area contributed by atoms with E-state index >= 15 is 0 Å². The van der Waals surface area contributed by atoms with Crippen molar-refractivity contribution in [3.05, 3.63) is 78.1 Å². The number of hydrogen-bond donors (Lipinski definition) is 0. The predicted octanol–water partition coefficient (Wildman–Crippen LogP) is 5.49. The zero-order chi connectivity index (χ0) is 15.1. The Kier molecular flexibility index (Phi) is 2.97. The molecule has 1 aromatic heterocycles. The maximum absolute atomic E-state index is 13.3. The zero-order valence-electron chi connectivity index (χ0n) is 12.4. The molecule has 0 fully saturated rings. The van der Waals surface area contributed by atoms with Crippen molar-refractivity contribution in [1.29, 1.82) is 0 Å². The molecule has 0 spiro atoms. The third kappa shape index (κ3) is 1.84. The van der Waals surface area contributed by atoms with Crippen LogP contribution in [0, 0.1) is 5.82 Å². The summed E-state index contributed by atoms with van der Waals surface area (Å²) in [7, 11) is 0. The fourth-order valence-corrected chi connectivity index (χ4v) is 3.23. The van der Waals surface area contributed by atoms with E-state index in [9.17, 15) is 4.39 Å². The Bertz CT molecular complexity index is 964. The molecule has 0 unspecified atom stereocenters. The van der Waals surface area contributed by atoms with Crippen molar-refractivity contribution >= 4 is 21.8 Å². The van der Waals surface area contributed by atoms with Gasteiger partial charge in [0.05, 0.1) is 11.0 Å². The van der Waals surface area contributed by atoms with E-state index in [2.05, 4.69) is 47.9 Å². The van der Waals surface area contributed by atoms with E-state index in [1.54, 1.807) is 0 Å². The van der Waals surface area contributed by atoms with Crippen molar-refractivity contribution in [1.82, 2.24) is 4.57 Å². The first-order valence-corrected chi connectivity index (χ1v) is 7.56. The monoisotopic (exact) mass is 289 g/mol. The summed E-state index contributed by atoms with van der Waals surface area (Å²) in [5.41, 5.74) is 4.68. The lowest BCUT2D eigenvalue weighted by Gasteiger charge is -2.10. The number of aryl methyl sites for hydroxylation is 1. The second-order valence-electron chi connectivity index (χ2n) is 5.50. The molecular formula is C20H16FN. The van der Waals surface area contributed by atoms with Crippen molar-refractivity contribution in [2.45, 2.75) is 13.3 Å². The van der Waals surface area contributed by atoms with Crippen LogP contribution in [0.1, 0.15) is 12.5 Å². The predicted molar refractivity (Wildman–Crippen MR) is 90.1 cm³/mol. The summed E-state index contributed by atoms with van der Waals surface area (Å²) in [5.74, 6) is -0.208. The number of halogens is 1. The molecule has 0 aliphatic rings. The van der Waals surface area contributed by atoms with Gasteiger partial charge in [-0.1, -0.05) is 43.3 Å². The molecule has 1 nitrogen and oxygen atoms in total. The molecule has 0 amide bonds. The quantitative estimate of drug-likeness (QED) is 0.460. The summed E-state index contributed by atoms with van der Waals surface area (Å²) < 4.78 is 15.5. The van der Waals surface area contributed by atoms with Crippen LogP contribution >= 0.6 is 0 Å². The van der Waals surface area contributed by atoms with Crippen LogP contribution in [0.2, 0.25) is 0 Å². The van der Waals surface area contributed by atoms with Crippen LogP contribution in [0.4, 0.5) is 4.39 Å². The molecular weight excluding hydrogens is 273 g/mol. The lowest BCUT2D eigenvalue weighted by molar-refractivity contribution is 0.627. The van der Waals surface area contributed by atoms with E-state index in [-0.39, 0.29) is 5.82 Å². The Morgan fingerprint density at radius 3 is 2.32 bits per heavy atom. The van der Waals surface area contributed by atoms with Crippen LogP contribution in [-0.4, -0.2) is 4.57 Å². The van der Waals surface area contributed by atoms with E-state index in [0.29, 0.717) is 0 Å². The molecule has 0 aliphatic heterocycles. The SMILES string of the molecule is CCc1cccc2c3ccccc3n(-c3ccc(F)cc3)c12.